The number of piperidine rings is 1. The molecule has 2 saturated heterocycles. The zero-order valence-electron chi connectivity index (χ0n) is 22.9. The molecule has 3 aromatic rings. The number of carbonyl (C=O) groups is 2. The molecule has 0 saturated carbocycles. The second kappa shape index (κ2) is 12.5. The number of hydrogen-bond donors (Lipinski definition) is 0. The summed E-state index contributed by atoms with van der Waals surface area (Å²) in [7, 11) is 1.58. The maximum Gasteiger partial charge on any atom is 0.415 e. The first-order valence-electron chi connectivity index (χ1n) is 13.6. The van der Waals surface area contributed by atoms with Gasteiger partial charge in [-0.2, -0.15) is 10.5 Å². The first-order valence-corrected chi connectivity index (χ1v) is 13.9. The summed E-state index contributed by atoms with van der Waals surface area (Å²) in [5.74, 6) is -0.655. The van der Waals surface area contributed by atoms with Crippen molar-refractivity contribution in [3.05, 3.63) is 88.3 Å². The average Bonchev–Trinajstić information content (AvgIpc) is 3.47. The van der Waals surface area contributed by atoms with Gasteiger partial charge in [0.25, 0.3) is 0 Å². The van der Waals surface area contributed by atoms with Crippen molar-refractivity contribution in [2.24, 2.45) is 5.92 Å². The van der Waals surface area contributed by atoms with Crippen LogP contribution in [0.2, 0.25) is 5.02 Å². The molecule has 3 heterocycles. The molecule has 2 aromatic carbocycles. The van der Waals surface area contributed by atoms with Crippen LogP contribution in [0, 0.1) is 34.4 Å². The van der Waals surface area contributed by atoms with Gasteiger partial charge in [0.15, 0.2) is 11.6 Å². The number of aromatic nitrogens is 1. The van der Waals surface area contributed by atoms with Gasteiger partial charge in [-0.25, -0.2) is 14.2 Å². The van der Waals surface area contributed by atoms with Crippen LogP contribution >= 0.6 is 11.6 Å². The summed E-state index contributed by atoms with van der Waals surface area (Å²) in [6.45, 7) is 2.03. The van der Waals surface area contributed by atoms with Crippen molar-refractivity contribution in [1.82, 2.24) is 14.8 Å². The van der Waals surface area contributed by atoms with Crippen molar-refractivity contribution in [2.45, 2.75) is 24.8 Å². The highest BCUT2D eigenvalue weighted by atomic mass is 35.5. The topological polar surface area (TPSA) is 114 Å². The quantitative estimate of drug-likeness (QED) is 0.415. The molecule has 2 unspecified atom stereocenters. The minimum Gasteiger partial charge on any atom is -0.407 e. The highest BCUT2D eigenvalue weighted by Crippen LogP contribution is 2.34. The summed E-state index contributed by atoms with van der Waals surface area (Å²) in [4.78, 5) is 36.6. The van der Waals surface area contributed by atoms with Crippen LogP contribution in [0.4, 0.5) is 15.0 Å². The number of benzene rings is 2. The fourth-order valence-electron chi connectivity index (χ4n) is 5.60. The lowest BCUT2D eigenvalue weighted by Crippen LogP contribution is -2.45. The lowest BCUT2D eigenvalue weighted by atomic mass is 9.93. The Morgan fingerprint density at radius 2 is 1.71 bits per heavy atom. The summed E-state index contributed by atoms with van der Waals surface area (Å²) >= 11 is 6.12. The lowest BCUT2D eigenvalue weighted by molar-refractivity contribution is -0.135. The van der Waals surface area contributed by atoms with Crippen LogP contribution in [-0.4, -0.2) is 66.1 Å². The van der Waals surface area contributed by atoms with Gasteiger partial charge in [-0.05, 0) is 60.9 Å². The van der Waals surface area contributed by atoms with Gasteiger partial charge >= 0.3 is 6.09 Å². The van der Waals surface area contributed by atoms with Crippen LogP contribution in [0.3, 0.4) is 0 Å². The van der Waals surface area contributed by atoms with E-state index in [1.54, 1.807) is 36.3 Å². The number of anilines is 1. The Kier molecular flexibility index (Phi) is 8.56. The maximum absolute atomic E-state index is 14.4. The molecule has 0 spiro atoms. The van der Waals surface area contributed by atoms with Gasteiger partial charge in [0.2, 0.25) is 5.91 Å². The summed E-state index contributed by atoms with van der Waals surface area (Å²) < 4.78 is 19.8. The molecular formula is C31H28ClFN6O3. The van der Waals surface area contributed by atoms with Gasteiger partial charge in [-0.3, -0.25) is 4.79 Å². The van der Waals surface area contributed by atoms with Crippen LogP contribution in [-0.2, 0) is 4.79 Å². The van der Waals surface area contributed by atoms with E-state index in [9.17, 15) is 14.0 Å². The van der Waals surface area contributed by atoms with Crippen LogP contribution in [0.1, 0.15) is 35.4 Å². The summed E-state index contributed by atoms with van der Waals surface area (Å²) in [6.07, 6.45) is 2.09. The average molecular weight is 587 g/mol. The predicted molar refractivity (Wildman–Crippen MR) is 153 cm³/mol. The Balaban J connectivity index is 1.28. The molecule has 214 valence electrons. The SMILES string of the molecule is CN(C(=O)Oc1ccc(C#N)cc1F)C1CN(C(=O)C2CCN(c3ccc(C#N)cn3)CC2)CC1c1ccc(Cl)cc1. The Morgan fingerprint density at radius 3 is 2.33 bits per heavy atom. The Morgan fingerprint density at radius 1 is 1.02 bits per heavy atom. The van der Waals surface area contributed by atoms with Gasteiger partial charge in [-0.15, -0.1) is 0 Å². The van der Waals surface area contributed by atoms with Crippen molar-refractivity contribution in [3.63, 3.8) is 0 Å². The molecule has 2 atom stereocenters. The third kappa shape index (κ3) is 6.14. The van der Waals surface area contributed by atoms with E-state index in [0.29, 0.717) is 49.6 Å². The highest BCUT2D eigenvalue weighted by molar-refractivity contribution is 6.30. The molecule has 2 fully saturated rings. The molecule has 2 aliphatic heterocycles. The van der Waals surface area contributed by atoms with Crippen molar-refractivity contribution >= 4 is 29.4 Å². The Bertz CT molecular complexity index is 1540. The van der Waals surface area contributed by atoms with Crippen LogP contribution in [0.5, 0.6) is 5.75 Å². The Hall–Kier alpha value is -4.67. The molecule has 0 radical (unpaired) electrons. The molecule has 0 bridgehead atoms. The van der Waals surface area contributed by atoms with E-state index in [4.69, 9.17) is 26.9 Å². The fraction of sp³-hybridized carbons (Fsp3) is 0.323. The molecular weight excluding hydrogens is 559 g/mol. The van der Waals surface area contributed by atoms with Crippen LogP contribution < -0.4 is 9.64 Å². The van der Waals surface area contributed by atoms with Crippen molar-refractivity contribution in [1.29, 1.82) is 10.5 Å². The smallest absolute Gasteiger partial charge is 0.407 e. The molecule has 9 nitrogen and oxygen atoms in total. The second-order valence-electron chi connectivity index (χ2n) is 10.5. The van der Waals surface area contributed by atoms with Gasteiger partial charge in [-0.1, -0.05) is 23.7 Å². The van der Waals surface area contributed by atoms with E-state index >= 15 is 0 Å². The molecule has 0 aliphatic carbocycles. The molecule has 42 heavy (non-hydrogen) atoms. The van der Waals surface area contributed by atoms with Crippen molar-refractivity contribution in [3.8, 4) is 17.9 Å². The van der Waals surface area contributed by atoms with Gasteiger partial charge in [0.05, 0.1) is 23.2 Å². The van der Waals surface area contributed by atoms with Gasteiger partial charge < -0.3 is 19.4 Å². The molecule has 1 aromatic heterocycles. The highest BCUT2D eigenvalue weighted by Gasteiger charge is 2.42. The third-order valence-corrected chi connectivity index (χ3v) is 8.24. The van der Waals surface area contributed by atoms with E-state index in [1.807, 2.05) is 24.3 Å². The number of amides is 2. The summed E-state index contributed by atoms with van der Waals surface area (Å²) in [5.41, 5.74) is 1.54. The number of hydrogen-bond acceptors (Lipinski definition) is 7. The van der Waals surface area contributed by atoms with Crippen LogP contribution in [0.15, 0.2) is 60.8 Å². The van der Waals surface area contributed by atoms with Gasteiger partial charge in [0.1, 0.15) is 11.9 Å². The number of likely N-dealkylation sites (tertiary alicyclic amines) is 1. The standard InChI is InChI=1S/C31H28ClFN6O3/c1-37(31(41)42-28-8-2-20(15-34)14-26(28)33)27-19-39(18-25(27)22-4-6-24(32)7-5-22)30(40)23-10-12-38(13-11-23)29-9-3-21(16-35)17-36-29/h2-9,14,17,23,25,27H,10-13,18-19H2,1H3. The van der Waals surface area contributed by atoms with E-state index in [2.05, 4.69) is 16.0 Å². The number of nitrogens with zero attached hydrogens (tertiary/aromatic N) is 6. The summed E-state index contributed by atoms with van der Waals surface area (Å²) in [5, 5.41) is 18.6. The van der Waals surface area contributed by atoms with Crippen molar-refractivity contribution in [2.75, 3.05) is 38.1 Å². The van der Waals surface area contributed by atoms with E-state index in [1.165, 1.54) is 17.0 Å². The number of halogens is 2. The number of carbonyl (C=O) groups excluding carboxylic acids is 2. The first kappa shape index (κ1) is 28.8. The number of nitriles is 2. The number of rotatable bonds is 5. The molecule has 5 rings (SSSR count). The molecule has 2 aliphatic rings. The summed E-state index contributed by atoms with van der Waals surface area (Å²) in [6, 6.07) is 18.0. The van der Waals surface area contributed by atoms with Crippen molar-refractivity contribution < 1.29 is 18.7 Å². The van der Waals surface area contributed by atoms with E-state index in [0.717, 1.165) is 17.4 Å². The molecule has 0 N–H and O–H groups in total. The number of pyridine rings is 1. The fourth-order valence-corrected chi connectivity index (χ4v) is 5.73. The van der Waals surface area contributed by atoms with Crippen LogP contribution in [0.25, 0.3) is 0 Å². The predicted octanol–water partition coefficient (Wildman–Crippen LogP) is 4.96. The zero-order chi connectivity index (χ0) is 29.8. The van der Waals surface area contributed by atoms with E-state index in [-0.39, 0.29) is 29.1 Å². The van der Waals surface area contributed by atoms with E-state index < -0.39 is 18.0 Å². The Labute approximate surface area is 248 Å². The minimum absolute atomic E-state index is 0.0313. The van der Waals surface area contributed by atoms with Gasteiger partial charge in [0, 0.05) is 56.3 Å². The second-order valence-corrected chi connectivity index (χ2v) is 10.9. The first-order chi connectivity index (χ1) is 20.3. The monoisotopic (exact) mass is 586 g/mol. The third-order valence-electron chi connectivity index (χ3n) is 7.99. The normalized spacial score (nSPS) is 18.7. The zero-order valence-corrected chi connectivity index (χ0v) is 23.7. The maximum atomic E-state index is 14.4. The number of likely N-dealkylation sites (N-methyl/N-ethyl adjacent to an activating group) is 1. The largest absolute Gasteiger partial charge is 0.415 e. The minimum atomic E-state index is -0.809. The number of ether oxygens (including phenoxy) is 1. The lowest BCUT2D eigenvalue weighted by Gasteiger charge is -2.34. The molecule has 2 amide bonds. The molecule has 11 heteroatoms.